The van der Waals surface area contributed by atoms with E-state index in [4.69, 9.17) is 4.74 Å². The van der Waals surface area contributed by atoms with Gasteiger partial charge < -0.3 is 20.3 Å². The minimum absolute atomic E-state index is 0.0351. The number of anilines is 1. The van der Waals surface area contributed by atoms with Crippen molar-refractivity contribution in [2.45, 2.75) is 64.0 Å². The molecule has 0 atom stereocenters. The summed E-state index contributed by atoms with van der Waals surface area (Å²) < 4.78 is 5.02. The first-order valence-electron chi connectivity index (χ1n) is 9.97. The zero-order chi connectivity index (χ0) is 19.1. The molecule has 8 nitrogen and oxygen atoms in total. The largest absolute Gasteiger partial charge is 0.450 e. The lowest BCUT2D eigenvalue weighted by molar-refractivity contribution is 0.0856. The number of carbonyl (C=O) groups excluding carboxylic acids is 2. The summed E-state index contributed by atoms with van der Waals surface area (Å²) in [7, 11) is 0. The predicted molar refractivity (Wildman–Crippen MR) is 102 cm³/mol. The fourth-order valence-corrected chi connectivity index (χ4v) is 3.70. The molecule has 1 aromatic rings. The maximum Gasteiger partial charge on any atom is 0.409 e. The highest BCUT2D eigenvalue weighted by Gasteiger charge is 2.25. The molecule has 2 aliphatic rings. The highest BCUT2D eigenvalue weighted by Crippen LogP contribution is 2.21. The minimum Gasteiger partial charge on any atom is -0.450 e. The quantitative estimate of drug-likeness (QED) is 0.821. The van der Waals surface area contributed by atoms with Crippen LogP contribution in [-0.2, 0) is 4.74 Å². The lowest BCUT2D eigenvalue weighted by Gasteiger charge is -2.31. The van der Waals surface area contributed by atoms with Crippen LogP contribution in [0, 0.1) is 0 Å². The summed E-state index contributed by atoms with van der Waals surface area (Å²) in [5, 5.41) is 6.44. The molecule has 27 heavy (non-hydrogen) atoms. The van der Waals surface area contributed by atoms with Crippen LogP contribution in [0.2, 0.25) is 0 Å². The molecule has 2 amide bonds. The summed E-state index contributed by atoms with van der Waals surface area (Å²) >= 11 is 0. The molecule has 3 rings (SSSR count). The number of hydrogen-bond donors (Lipinski definition) is 2. The Morgan fingerprint density at radius 1 is 1.11 bits per heavy atom. The second kappa shape index (κ2) is 9.53. The summed E-state index contributed by atoms with van der Waals surface area (Å²) in [5.74, 6) is 0.512. The van der Waals surface area contributed by atoms with Crippen LogP contribution in [0.4, 0.5) is 10.6 Å². The highest BCUT2D eigenvalue weighted by atomic mass is 16.6. The maximum absolute atomic E-state index is 12.5. The van der Waals surface area contributed by atoms with Gasteiger partial charge in [0.1, 0.15) is 17.8 Å². The zero-order valence-corrected chi connectivity index (χ0v) is 15.9. The molecular formula is C19H29N5O3. The Morgan fingerprint density at radius 2 is 1.85 bits per heavy atom. The molecule has 0 spiro atoms. The smallest absolute Gasteiger partial charge is 0.409 e. The van der Waals surface area contributed by atoms with Crippen LogP contribution >= 0.6 is 0 Å². The number of nitrogens with one attached hydrogen (secondary N) is 2. The Morgan fingerprint density at radius 3 is 2.56 bits per heavy atom. The molecule has 0 bridgehead atoms. The lowest BCUT2D eigenvalue weighted by atomic mass is 9.95. The van der Waals surface area contributed by atoms with E-state index in [0.29, 0.717) is 50.1 Å². The third kappa shape index (κ3) is 5.55. The van der Waals surface area contributed by atoms with E-state index in [1.165, 1.54) is 25.6 Å². The van der Waals surface area contributed by atoms with Crippen LogP contribution in [0.25, 0.3) is 0 Å². The van der Waals surface area contributed by atoms with E-state index < -0.39 is 0 Å². The van der Waals surface area contributed by atoms with E-state index in [1.54, 1.807) is 17.9 Å². The Hall–Kier alpha value is -2.38. The third-order valence-electron chi connectivity index (χ3n) is 5.21. The second-order valence-electron chi connectivity index (χ2n) is 7.20. The standard InChI is InChI=1S/C19H29N5O3/c1-2-27-19(26)24-10-8-15(9-11-24)23-18(25)16-12-17(21-13-20-16)22-14-6-4-3-5-7-14/h12-15H,2-11H2,1H3,(H,23,25)(H,20,21,22). The van der Waals surface area contributed by atoms with Crippen molar-refractivity contribution in [2.24, 2.45) is 0 Å². The first-order chi connectivity index (χ1) is 13.2. The molecule has 2 fully saturated rings. The van der Waals surface area contributed by atoms with Crippen molar-refractivity contribution in [3.05, 3.63) is 18.1 Å². The summed E-state index contributed by atoms with van der Waals surface area (Å²) in [6, 6.07) is 2.18. The van der Waals surface area contributed by atoms with E-state index in [1.807, 2.05) is 0 Å². The molecule has 1 aliphatic carbocycles. The summed E-state index contributed by atoms with van der Waals surface area (Å²) in [6.45, 7) is 3.34. The molecule has 2 N–H and O–H groups in total. The average Bonchev–Trinajstić information content (AvgIpc) is 2.70. The van der Waals surface area contributed by atoms with Crippen LogP contribution in [0.15, 0.2) is 12.4 Å². The van der Waals surface area contributed by atoms with E-state index in [2.05, 4.69) is 20.6 Å². The zero-order valence-electron chi connectivity index (χ0n) is 15.9. The van der Waals surface area contributed by atoms with Gasteiger partial charge in [-0.25, -0.2) is 14.8 Å². The summed E-state index contributed by atoms with van der Waals surface area (Å²) in [4.78, 5) is 34.3. The third-order valence-corrected chi connectivity index (χ3v) is 5.21. The molecule has 0 unspecified atom stereocenters. The number of ether oxygens (including phenoxy) is 1. The van der Waals surface area contributed by atoms with Crippen LogP contribution in [0.1, 0.15) is 62.4 Å². The van der Waals surface area contributed by atoms with E-state index in [-0.39, 0.29) is 18.0 Å². The van der Waals surface area contributed by atoms with Crippen LogP contribution in [0.3, 0.4) is 0 Å². The lowest BCUT2D eigenvalue weighted by Crippen LogP contribution is -2.46. The van der Waals surface area contributed by atoms with Crippen molar-refractivity contribution in [2.75, 3.05) is 25.0 Å². The van der Waals surface area contributed by atoms with E-state index >= 15 is 0 Å². The second-order valence-corrected chi connectivity index (χ2v) is 7.20. The number of amides is 2. The molecule has 8 heteroatoms. The van der Waals surface area contributed by atoms with Gasteiger partial charge in [-0.3, -0.25) is 4.79 Å². The number of aromatic nitrogens is 2. The van der Waals surface area contributed by atoms with Gasteiger partial charge >= 0.3 is 6.09 Å². The molecule has 1 saturated carbocycles. The molecule has 148 valence electrons. The topological polar surface area (TPSA) is 96.5 Å². The number of carbonyl (C=O) groups is 2. The average molecular weight is 375 g/mol. The Balaban J connectivity index is 1.49. The molecule has 1 saturated heterocycles. The molecule has 1 aromatic heterocycles. The van der Waals surface area contributed by atoms with Crippen molar-refractivity contribution in [1.29, 1.82) is 0 Å². The number of likely N-dealkylation sites (tertiary alicyclic amines) is 1. The van der Waals surface area contributed by atoms with E-state index in [9.17, 15) is 9.59 Å². The number of rotatable bonds is 5. The maximum atomic E-state index is 12.5. The fraction of sp³-hybridized carbons (Fsp3) is 0.684. The van der Waals surface area contributed by atoms with Crippen molar-refractivity contribution < 1.29 is 14.3 Å². The Labute approximate surface area is 160 Å². The van der Waals surface area contributed by atoms with Gasteiger partial charge in [-0.2, -0.15) is 0 Å². The number of piperidine rings is 1. The van der Waals surface area contributed by atoms with Gasteiger partial charge in [-0.15, -0.1) is 0 Å². The van der Waals surface area contributed by atoms with Crippen molar-refractivity contribution in [3.8, 4) is 0 Å². The van der Waals surface area contributed by atoms with E-state index in [0.717, 1.165) is 12.8 Å². The monoisotopic (exact) mass is 375 g/mol. The molecular weight excluding hydrogens is 346 g/mol. The SMILES string of the molecule is CCOC(=O)N1CCC(NC(=O)c2cc(NC3CCCCC3)ncn2)CC1. The fourth-order valence-electron chi connectivity index (χ4n) is 3.70. The number of hydrogen-bond acceptors (Lipinski definition) is 6. The van der Waals surface area contributed by atoms with Gasteiger partial charge in [0, 0.05) is 31.2 Å². The van der Waals surface area contributed by atoms with Gasteiger partial charge in [-0.1, -0.05) is 19.3 Å². The molecule has 1 aliphatic heterocycles. The Kier molecular flexibility index (Phi) is 6.84. The van der Waals surface area contributed by atoms with Crippen molar-refractivity contribution in [1.82, 2.24) is 20.2 Å². The highest BCUT2D eigenvalue weighted by molar-refractivity contribution is 5.93. The molecule has 2 heterocycles. The van der Waals surface area contributed by atoms with Gasteiger partial charge in [0.05, 0.1) is 6.61 Å². The number of nitrogens with zero attached hydrogens (tertiary/aromatic N) is 3. The Bertz CT molecular complexity index is 640. The summed E-state index contributed by atoms with van der Waals surface area (Å²) in [5.41, 5.74) is 0.371. The van der Waals surface area contributed by atoms with Crippen LogP contribution in [0.5, 0.6) is 0 Å². The molecule has 0 radical (unpaired) electrons. The van der Waals surface area contributed by atoms with Gasteiger partial charge in [0.15, 0.2) is 0 Å². The van der Waals surface area contributed by atoms with Gasteiger partial charge in [-0.05, 0) is 32.6 Å². The van der Waals surface area contributed by atoms with Crippen molar-refractivity contribution in [3.63, 3.8) is 0 Å². The van der Waals surface area contributed by atoms with Gasteiger partial charge in [0.2, 0.25) is 0 Å². The van der Waals surface area contributed by atoms with Crippen LogP contribution in [-0.4, -0.2) is 58.6 Å². The summed E-state index contributed by atoms with van der Waals surface area (Å²) in [6.07, 6.45) is 8.63. The first-order valence-corrected chi connectivity index (χ1v) is 9.97. The minimum atomic E-state index is -0.281. The van der Waals surface area contributed by atoms with Crippen molar-refractivity contribution >= 4 is 17.8 Å². The normalized spacial score (nSPS) is 18.8. The predicted octanol–water partition coefficient (Wildman–Crippen LogP) is 2.57. The first kappa shape index (κ1) is 19.4. The van der Waals surface area contributed by atoms with Gasteiger partial charge in [0.25, 0.3) is 5.91 Å². The molecule has 0 aromatic carbocycles. The van der Waals surface area contributed by atoms with Crippen LogP contribution < -0.4 is 10.6 Å².